The first-order valence-corrected chi connectivity index (χ1v) is 3.31. The first kappa shape index (κ1) is 7.75. The maximum atomic E-state index is 5.51. The molecule has 2 N–H and O–H groups in total. The van der Waals surface area contributed by atoms with Gasteiger partial charge in [0.15, 0.2) is 0 Å². The number of aromatic nitrogens is 1. The van der Waals surface area contributed by atoms with Crippen LogP contribution in [0.4, 0.5) is 5.82 Å². The van der Waals surface area contributed by atoms with Crippen molar-refractivity contribution >= 4 is 11.9 Å². The van der Waals surface area contributed by atoms with Gasteiger partial charge in [-0.3, -0.25) is 5.01 Å². The van der Waals surface area contributed by atoms with Crippen molar-refractivity contribution in [2.45, 2.75) is 0 Å². The van der Waals surface area contributed by atoms with Crippen molar-refractivity contribution in [3.05, 3.63) is 30.5 Å². The fourth-order valence-corrected chi connectivity index (χ4v) is 0.863. The van der Waals surface area contributed by atoms with E-state index in [1.54, 1.807) is 19.3 Å². The molecule has 0 atom stereocenters. The van der Waals surface area contributed by atoms with Gasteiger partial charge in [0.25, 0.3) is 0 Å². The van der Waals surface area contributed by atoms with Crippen molar-refractivity contribution in [1.29, 1.82) is 0 Å². The van der Waals surface area contributed by atoms with Gasteiger partial charge < -0.3 is 0 Å². The lowest BCUT2D eigenvalue weighted by molar-refractivity contribution is 0.974. The highest BCUT2D eigenvalue weighted by Crippen LogP contribution is 2.13. The Bertz CT molecular complexity index is 255. The van der Waals surface area contributed by atoms with Crippen LogP contribution in [-0.4, -0.2) is 12.0 Å². The number of nitrogens with zero attached hydrogens (tertiary/aromatic N) is 2. The summed E-state index contributed by atoms with van der Waals surface area (Å²) in [5.41, 5.74) is 0.942. The maximum Gasteiger partial charge on any atom is 0.149 e. The lowest BCUT2D eigenvalue weighted by atomic mass is 10.2. The highest BCUT2D eigenvalue weighted by Gasteiger charge is 2.00. The van der Waals surface area contributed by atoms with Crippen LogP contribution in [0.15, 0.2) is 24.9 Å². The zero-order valence-corrected chi connectivity index (χ0v) is 6.49. The van der Waals surface area contributed by atoms with Crippen LogP contribution in [0.2, 0.25) is 0 Å². The Balaban J connectivity index is 3.12. The summed E-state index contributed by atoms with van der Waals surface area (Å²) in [6, 6.07) is 3.77. The van der Waals surface area contributed by atoms with Gasteiger partial charge in [0, 0.05) is 18.8 Å². The maximum absolute atomic E-state index is 5.51. The SMILES string of the molecule is C=Cc1cccnc1N(C)N. The van der Waals surface area contributed by atoms with Crippen molar-refractivity contribution in [1.82, 2.24) is 4.98 Å². The summed E-state index contributed by atoms with van der Waals surface area (Å²) in [5.74, 6) is 6.25. The highest BCUT2D eigenvalue weighted by molar-refractivity contribution is 5.61. The Labute approximate surface area is 66.1 Å². The van der Waals surface area contributed by atoms with Crippen LogP contribution in [-0.2, 0) is 0 Å². The molecule has 1 aromatic rings. The quantitative estimate of drug-likeness (QED) is 0.504. The first-order chi connectivity index (χ1) is 5.25. The monoisotopic (exact) mass is 149 g/mol. The van der Waals surface area contributed by atoms with E-state index in [-0.39, 0.29) is 0 Å². The van der Waals surface area contributed by atoms with E-state index in [4.69, 9.17) is 5.84 Å². The summed E-state index contributed by atoms with van der Waals surface area (Å²) in [4.78, 5) is 4.08. The van der Waals surface area contributed by atoms with Crippen molar-refractivity contribution in [2.75, 3.05) is 12.1 Å². The van der Waals surface area contributed by atoms with E-state index >= 15 is 0 Å². The Hall–Kier alpha value is -1.35. The Morgan fingerprint density at radius 1 is 1.73 bits per heavy atom. The minimum atomic E-state index is 0.738. The predicted octanol–water partition coefficient (Wildman–Crippen LogP) is 1.03. The average molecular weight is 149 g/mol. The van der Waals surface area contributed by atoms with Gasteiger partial charge in [-0.2, -0.15) is 0 Å². The number of hydrogen-bond donors (Lipinski definition) is 1. The van der Waals surface area contributed by atoms with E-state index in [9.17, 15) is 0 Å². The molecule has 1 aromatic heterocycles. The number of pyridine rings is 1. The number of anilines is 1. The number of hydrazine groups is 1. The standard InChI is InChI=1S/C8H11N3/c1-3-7-5-4-6-10-8(7)11(2)9/h3-6H,1,9H2,2H3. The van der Waals surface area contributed by atoms with Crippen LogP contribution < -0.4 is 10.9 Å². The third-order valence-electron chi connectivity index (χ3n) is 1.37. The van der Waals surface area contributed by atoms with E-state index in [1.165, 1.54) is 5.01 Å². The molecule has 3 heteroatoms. The lowest BCUT2D eigenvalue weighted by Crippen LogP contribution is -2.26. The molecule has 1 heterocycles. The minimum absolute atomic E-state index is 0.738. The molecule has 0 saturated carbocycles. The van der Waals surface area contributed by atoms with Crippen molar-refractivity contribution < 1.29 is 0 Å². The van der Waals surface area contributed by atoms with Crippen molar-refractivity contribution in [2.24, 2.45) is 5.84 Å². The van der Waals surface area contributed by atoms with Gasteiger partial charge in [0.1, 0.15) is 5.82 Å². The van der Waals surface area contributed by atoms with Crippen LogP contribution >= 0.6 is 0 Å². The third-order valence-corrected chi connectivity index (χ3v) is 1.37. The van der Waals surface area contributed by atoms with Crippen LogP contribution in [0.3, 0.4) is 0 Å². The van der Waals surface area contributed by atoms with E-state index in [0.717, 1.165) is 11.4 Å². The average Bonchev–Trinajstić information content (AvgIpc) is 2.04. The Kier molecular flexibility index (Phi) is 2.23. The molecular formula is C8H11N3. The van der Waals surface area contributed by atoms with E-state index in [2.05, 4.69) is 11.6 Å². The van der Waals surface area contributed by atoms with Gasteiger partial charge in [-0.25, -0.2) is 10.8 Å². The molecule has 0 aromatic carbocycles. The van der Waals surface area contributed by atoms with Crippen LogP contribution in [0, 0.1) is 0 Å². The smallest absolute Gasteiger partial charge is 0.149 e. The number of nitrogens with two attached hydrogens (primary N) is 1. The minimum Gasteiger partial charge on any atom is -0.298 e. The molecular weight excluding hydrogens is 138 g/mol. The van der Waals surface area contributed by atoms with E-state index in [1.807, 2.05) is 12.1 Å². The van der Waals surface area contributed by atoms with E-state index in [0.29, 0.717) is 0 Å². The summed E-state index contributed by atoms with van der Waals surface area (Å²) < 4.78 is 0. The molecule has 0 radical (unpaired) electrons. The number of hydrogen-bond acceptors (Lipinski definition) is 3. The zero-order valence-electron chi connectivity index (χ0n) is 6.49. The molecule has 0 aliphatic carbocycles. The van der Waals surface area contributed by atoms with E-state index < -0.39 is 0 Å². The molecule has 0 amide bonds. The van der Waals surface area contributed by atoms with Gasteiger partial charge >= 0.3 is 0 Å². The molecule has 0 saturated heterocycles. The molecule has 3 nitrogen and oxygen atoms in total. The second kappa shape index (κ2) is 3.16. The largest absolute Gasteiger partial charge is 0.298 e. The summed E-state index contributed by atoms with van der Waals surface area (Å²) in [5, 5.41) is 1.47. The molecule has 0 aliphatic rings. The molecule has 0 fully saturated rings. The fourth-order valence-electron chi connectivity index (χ4n) is 0.863. The first-order valence-electron chi connectivity index (χ1n) is 3.31. The molecule has 0 spiro atoms. The van der Waals surface area contributed by atoms with Gasteiger partial charge in [-0.05, 0) is 12.1 Å². The third kappa shape index (κ3) is 1.56. The molecule has 1 rings (SSSR count). The normalized spacial score (nSPS) is 9.27. The van der Waals surface area contributed by atoms with Crippen molar-refractivity contribution in [3.63, 3.8) is 0 Å². The summed E-state index contributed by atoms with van der Waals surface area (Å²) in [7, 11) is 1.75. The molecule has 11 heavy (non-hydrogen) atoms. The lowest BCUT2D eigenvalue weighted by Gasteiger charge is -2.12. The van der Waals surface area contributed by atoms with Crippen molar-refractivity contribution in [3.8, 4) is 0 Å². The van der Waals surface area contributed by atoms with Gasteiger partial charge in [0.05, 0.1) is 0 Å². The summed E-state index contributed by atoms with van der Waals surface area (Å²) in [6.45, 7) is 3.65. The topological polar surface area (TPSA) is 42.2 Å². The van der Waals surface area contributed by atoms with Crippen LogP contribution in [0.25, 0.3) is 6.08 Å². The van der Waals surface area contributed by atoms with Crippen LogP contribution in [0.5, 0.6) is 0 Å². The second-order valence-electron chi connectivity index (χ2n) is 2.23. The zero-order chi connectivity index (χ0) is 8.27. The van der Waals surface area contributed by atoms with Gasteiger partial charge in [0.2, 0.25) is 0 Å². The van der Waals surface area contributed by atoms with Gasteiger partial charge in [-0.15, -0.1) is 0 Å². The summed E-state index contributed by atoms with van der Waals surface area (Å²) in [6.07, 6.45) is 3.43. The summed E-state index contributed by atoms with van der Waals surface area (Å²) >= 11 is 0. The van der Waals surface area contributed by atoms with Crippen LogP contribution in [0.1, 0.15) is 5.56 Å². The number of rotatable bonds is 2. The Morgan fingerprint density at radius 2 is 2.45 bits per heavy atom. The Morgan fingerprint density at radius 3 is 2.91 bits per heavy atom. The molecule has 0 unspecified atom stereocenters. The second-order valence-corrected chi connectivity index (χ2v) is 2.23. The van der Waals surface area contributed by atoms with Gasteiger partial charge in [-0.1, -0.05) is 12.7 Å². The fraction of sp³-hybridized carbons (Fsp3) is 0.125. The highest BCUT2D eigenvalue weighted by atomic mass is 15.4. The molecule has 0 bridgehead atoms. The predicted molar refractivity (Wildman–Crippen MR) is 46.9 cm³/mol. The molecule has 0 aliphatic heterocycles. The molecule has 58 valence electrons.